The van der Waals surface area contributed by atoms with Crippen molar-refractivity contribution in [3.05, 3.63) is 35.8 Å². The van der Waals surface area contributed by atoms with E-state index in [1.807, 2.05) is 6.20 Å². The van der Waals surface area contributed by atoms with Crippen LogP contribution in [0.25, 0.3) is 10.9 Å². The molecule has 26 heavy (non-hydrogen) atoms. The molecule has 1 aromatic heterocycles. The summed E-state index contributed by atoms with van der Waals surface area (Å²) in [5.74, 6) is 0.0947. The lowest BCUT2D eigenvalue weighted by molar-refractivity contribution is -0.124. The van der Waals surface area contributed by atoms with Gasteiger partial charge in [0.15, 0.2) is 5.96 Å². The van der Waals surface area contributed by atoms with Crippen LogP contribution >= 0.6 is 0 Å². The first kappa shape index (κ1) is 17.7. The number of hydrogen-bond donors (Lipinski definition) is 4. The number of nitrogens with zero attached hydrogens (tertiary/aromatic N) is 2. The maximum atomic E-state index is 13.2. The topological polar surface area (TPSA) is 102 Å². The molecule has 9 heteroatoms. The number of benzene rings is 1. The van der Waals surface area contributed by atoms with Gasteiger partial charge in [-0.2, -0.15) is 0 Å². The number of carbonyl (C=O) groups excluding carboxylic acids is 2. The number of amides is 3. The molecule has 1 aliphatic rings. The van der Waals surface area contributed by atoms with Gasteiger partial charge in [-0.1, -0.05) is 0 Å². The molecule has 1 aliphatic heterocycles. The van der Waals surface area contributed by atoms with Gasteiger partial charge in [0.05, 0.1) is 6.54 Å². The third-order valence-corrected chi connectivity index (χ3v) is 4.20. The number of aromatic amines is 1. The molecule has 0 unspecified atom stereocenters. The predicted molar refractivity (Wildman–Crippen MR) is 96.4 cm³/mol. The molecule has 0 bridgehead atoms. The van der Waals surface area contributed by atoms with Crippen molar-refractivity contribution in [1.29, 1.82) is 0 Å². The van der Waals surface area contributed by atoms with Gasteiger partial charge >= 0.3 is 6.03 Å². The van der Waals surface area contributed by atoms with Crippen molar-refractivity contribution in [3.8, 4) is 0 Å². The Balaban J connectivity index is 1.45. The van der Waals surface area contributed by atoms with Gasteiger partial charge in [0.25, 0.3) is 0 Å². The average Bonchev–Trinajstić information content (AvgIpc) is 3.17. The van der Waals surface area contributed by atoms with E-state index in [1.165, 1.54) is 17.0 Å². The van der Waals surface area contributed by atoms with Crippen LogP contribution in [0.2, 0.25) is 0 Å². The summed E-state index contributed by atoms with van der Waals surface area (Å²) in [4.78, 5) is 31.3. The number of imide groups is 1. The highest BCUT2D eigenvalue weighted by molar-refractivity contribution is 6.01. The minimum Gasteiger partial charge on any atom is -0.361 e. The smallest absolute Gasteiger partial charge is 0.324 e. The number of fused-ring (bicyclic) bond motifs is 1. The van der Waals surface area contributed by atoms with Gasteiger partial charge in [0.1, 0.15) is 5.82 Å². The van der Waals surface area contributed by atoms with Crippen molar-refractivity contribution in [2.24, 2.45) is 4.99 Å². The van der Waals surface area contributed by atoms with Crippen LogP contribution < -0.4 is 16.0 Å². The molecular formula is C17H21FN6O2. The van der Waals surface area contributed by atoms with E-state index in [2.05, 4.69) is 25.9 Å². The molecule has 1 aromatic carbocycles. The highest BCUT2D eigenvalue weighted by Gasteiger charge is 2.27. The summed E-state index contributed by atoms with van der Waals surface area (Å²) in [6.07, 6.45) is 2.61. The quantitative estimate of drug-likeness (QED) is 0.344. The lowest BCUT2D eigenvalue weighted by Gasteiger charge is -2.15. The second-order valence-corrected chi connectivity index (χ2v) is 5.88. The Morgan fingerprint density at radius 1 is 1.31 bits per heavy atom. The SMILES string of the molecule is CN=C(NCCc1c[nH]c2cc(F)ccc12)NCCN1C(=O)CNC1=O. The number of halogens is 1. The van der Waals surface area contributed by atoms with Gasteiger partial charge in [-0.3, -0.25) is 14.7 Å². The molecule has 138 valence electrons. The fraction of sp³-hybridized carbons (Fsp3) is 0.353. The van der Waals surface area contributed by atoms with Crippen molar-refractivity contribution >= 4 is 28.8 Å². The molecule has 0 radical (unpaired) electrons. The monoisotopic (exact) mass is 360 g/mol. The van der Waals surface area contributed by atoms with Crippen LogP contribution in [-0.4, -0.2) is 61.0 Å². The predicted octanol–water partition coefficient (Wildman–Crippen LogP) is 0.566. The van der Waals surface area contributed by atoms with Crippen LogP contribution in [0.5, 0.6) is 0 Å². The van der Waals surface area contributed by atoms with Gasteiger partial charge < -0.3 is 20.9 Å². The standard InChI is InChI=1S/C17H21FN6O2/c1-19-16(21-6-7-24-15(25)10-23-17(24)26)20-5-4-11-9-22-14-8-12(18)2-3-13(11)14/h2-3,8-9,22H,4-7,10H2,1H3,(H,23,26)(H2,19,20,21). The average molecular weight is 360 g/mol. The van der Waals surface area contributed by atoms with E-state index in [4.69, 9.17) is 0 Å². The van der Waals surface area contributed by atoms with E-state index in [9.17, 15) is 14.0 Å². The highest BCUT2D eigenvalue weighted by atomic mass is 19.1. The summed E-state index contributed by atoms with van der Waals surface area (Å²) in [5, 5.41) is 9.72. The van der Waals surface area contributed by atoms with E-state index >= 15 is 0 Å². The van der Waals surface area contributed by atoms with Crippen LogP contribution in [-0.2, 0) is 11.2 Å². The minimum atomic E-state index is -0.365. The van der Waals surface area contributed by atoms with E-state index in [0.717, 1.165) is 22.9 Å². The lowest BCUT2D eigenvalue weighted by Crippen LogP contribution is -2.43. The number of guanidine groups is 1. The molecule has 0 spiro atoms. The van der Waals surface area contributed by atoms with Crippen LogP contribution in [0.15, 0.2) is 29.4 Å². The Labute approximate surface area is 149 Å². The third kappa shape index (κ3) is 3.93. The number of H-pyrrole nitrogens is 1. The second kappa shape index (κ2) is 7.85. The Kier molecular flexibility index (Phi) is 5.35. The second-order valence-electron chi connectivity index (χ2n) is 5.88. The number of rotatable bonds is 6. The van der Waals surface area contributed by atoms with E-state index in [-0.39, 0.29) is 30.8 Å². The summed E-state index contributed by atoms with van der Waals surface area (Å²) >= 11 is 0. The fourth-order valence-corrected chi connectivity index (χ4v) is 2.87. The first-order valence-electron chi connectivity index (χ1n) is 8.36. The first-order valence-corrected chi connectivity index (χ1v) is 8.36. The Morgan fingerprint density at radius 2 is 2.12 bits per heavy atom. The van der Waals surface area contributed by atoms with E-state index < -0.39 is 0 Å². The van der Waals surface area contributed by atoms with Crippen molar-refractivity contribution < 1.29 is 14.0 Å². The summed E-state index contributed by atoms with van der Waals surface area (Å²) in [6, 6.07) is 4.32. The molecule has 0 atom stereocenters. The van der Waals surface area contributed by atoms with Crippen LogP contribution in [0.1, 0.15) is 5.56 Å². The largest absolute Gasteiger partial charge is 0.361 e. The van der Waals surface area contributed by atoms with Gasteiger partial charge in [0.2, 0.25) is 5.91 Å². The molecule has 3 amide bonds. The number of aliphatic imine (C=N–C) groups is 1. The third-order valence-electron chi connectivity index (χ3n) is 4.20. The maximum absolute atomic E-state index is 13.2. The summed E-state index contributed by atoms with van der Waals surface area (Å²) in [7, 11) is 1.65. The summed E-state index contributed by atoms with van der Waals surface area (Å²) in [6.45, 7) is 1.37. The van der Waals surface area contributed by atoms with E-state index in [0.29, 0.717) is 19.0 Å². The van der Waals surface area contributed by atoms with Crippen molar-refractivity contribution in [2.75, 3.05) is 33.2 Å². The van der Waals surface area contributed by atoms with Crippen LogP contribution in [0, 0.1) is 5.82 Å². The Morgan fingerprint density at radius 3 is 2.85 bits per heavy atom. The maximum Gasteiger partial charge on any atom is 0.324 e. The van der Waals surface area contributed by atoms with Gasteiger partial charge in [0, 0.05) is 43.8 Å². The zero-order chi connectivity index (χ0) is 18.5. The summed E-state index contributed by atoms with van der Waals surface area (Å²) < 4.78 is 13.2. The number of nitrogens with one attached hydrogen (secondary N) is 4. The molecule has 2 heterocycles. The van der Waals surface area contributed by atoms with Crippen LogP contribution in [0.4, 0.5) is 9.18 Å². The van der Waals surface area contributed by atoms with Crippen molar-refractivity contribution in [2.45, 2.75) is 6.42 Å². The molecule has 0 aliphatic carbocycles. The number of aromatic nitrogens is 1. The Bertz CT molecular complexity index is 831. The van der Waals surface area contributed by atoms with Crippen molar-refractivity contribution in [1.82, 2.24) is 25.8 Å². The highest BCUT2D eigenvalue weighted by Crippen LogP contribution is 2.19. The fourth-order valence-electron chi connectivity index (χ4n) is 2.87. The zero-order valence-corrected chi connectivity index (χ0v) is 14.4. The first-order chi connectivity index (χ1) is 12.6. The molecule has 2 aromatic rings. The summed E-state index contributed by atoms with van der Waals surface area (Å²) in [5.41, 5.74) is 1.86. The molecule has 4 N–H and O–H groups in total. The molecule has 3 rings (SSSR count). The Hall–Kier alpha value is -3.10. The normalized spacial score (nSPS) is 14.8. The number of urea groups is 1. The zero-order valence-electron chi connectivity index (χ0n) is 14.4. The molecule has 1 saturated heterocycles. The molecule has 8 nitrogen and oxygen atoms in total. The van der Waals surface area contributed by atoms with Gasteiger partial charge in [-0.05, 0) is 30.2 Å². The van der Waals surface area contributed by atoms with E-state index in [1.54, 1.807) is 13.1 Å². The molecule has 0 saturated carbocycles. The van der Waals surface area contributed by atoms with Gasteiger partial charge in [-0.15, -0.1) is 0 Å². The lowest BCUT2D eigenvalue weighted by atomic mass is 10.1. The number of carbonyl (C=O) groups is 2. The molecule has 1 fully saturated rings. The van der Waals surface area contributed by atoms with Crippen LogP contribution in [0.3, 0.4) is 0 Å². The van der Waals surface area contributed by atoms with Gasteiger partial charge in [-0.25, -0.2) is 9.18 Å². The molecular weight excluding hydrogens is 339 g/mol. The number of hydrogen-bond acceptors (Lipinski definition) is 3. The minimum absolute atomic E-state index is 0.0559. The van der Waals surface area contributed by atoms with Crippen molar-refractivity contribution in [3.63, 3.8) is 0 Å².